The van der Waals surface area contributed by atoms with Crippen molar-refractivity contribution in [2.45, 2.75) is 6.61 Å². The van der Waals surface area contributed by atoms with Gasteiger partial charge in [-0.05, 0) is 48.0 Å². The summed E-state index contributed by atoms with van der Waals surface area (Å²) in [5, 5.41) is 10.4. The molecule has 0 amide bonds. The van der Waals surface area contributed by atoms with E-state index >= 15 is 0 Å². The Labute approximate surface area is 180 Å². The van der Waals surface area contributed by atoms with E-state index in [-0.39, 0.29) is 17.7 Å². The molecule has 6 heteroatoms. The number of rotatable bonds is 5. The van der Waals surface area contributed by atoms with Crippen LogP contribution in [0, 0.1) is 17.1 Å². The maximum Gasteiger partial charge on any atom is 0.131 e. The van der Waals surface area contributed by atoms with Gasteiger partial charge in [-0.1, -0.05) is 63.4 Å². The average Bonchev–Trinajstić information content (AvgIpc) is 2.68. The van der Waals surface area contributed by atoms with Crippen molar-refractivity contribution in [2.75, 3.05) is 0 Å². The van der Waals surface area contributed by atoms with E-state index in [1.54, 1.807) is 42.5 Å². The molecule has 0 unspecified atom stereocenters. The SMILES string of the molecule is N#C/C(=C/c1cc(Br)ccc1OCc1ccc(Cl)c(Cl)c1)c1ccccc1F. The number of nitrogens with zero attached hydrogens (tertiary/aromatic N) is 1. The number of nitriles is 1. The van der Waals surface area contributed by atoms with Crippen molar-refractivity contribution < 1.29 is 9.13 Å². The van der Waals surface area contributed by atoms with E-state index in [1.165, 1.54) is 6.07 Å². The largest absolute Gasteiger partial charge is 0.488 e. The molecule has 0 aromatic heterocycles. The van der Waals surface area contributed by atoms with Crippen LogP contribution in [0.15, 0.2) is 65.1 Å². The van der Waals surface area contributed by atoms with Crippen molar-refractivity contribution >= 4 is 50.8 Å². The van der Waals surface area contributed by atoms with Crippen LogP contribution in [0.1, 0.15) is 16.7 Å². The lowest BCUT2D eigenvalue weighted by atomic mass is 10.0. The molecule has 28 heavy (non-hydrogen) atoms. The van der Waals surface area contributed by atoms with Crippen molar-refractivity contribution in [3.8, 4) is 11.8 Å². The summed E-state index contributed by atoms with van der Waals surface area (Å²) >= 11 is 15.4. The molecule has 3 aromatic carbocycles. The van der Waals surface area contributed by atoms with Crippen LogP contribution >= 0.6 is 39.1 Å². The Bertz CT molecular complexity index is 1090. The first-order valence-corrected chi connectivity index (χ1v) is 9.76. The van der Waals surface area contributed by atoms with Gasteiger partial charge in [0.15, 0.2) is 0 Å². The van der Waals surface area contributed by atoms with Gasteiger partial charge >= 0.3 is 0 Å². The van der Waals surface area contributed by atoms with Crippen molar-refractivity contribution in [1.82, 2.24) is 0 Å². The van der Waals surface area contributed by atoms with E-state index in [9.17, 15) is 9.65 Å². The van der Waals surface area contributed by atoms with Gasteiger partial charge in [-0.3, -0.25) is 0 Å². The third-order valence-corrected chi connectivity index (χ3v) is 5.17. The van der Waals surface area contributed by atoms with Crippen molar-refractivity contribution in [3.63, 3.8) is 0 Å². The molecule has 2 nitrogen and oxygen atoms in total. The maximum absolute atomic E-state index is 14.1. The molecular weight excluding hydrogens is 464 g/mol. The minimum atomic E-state index is -0.455. The summed E-state index contributed by atoms with van der Waals surface area (Å²) in [6, 6.07) is 18.9. The summed E-state index contributed by atoms with van der Waals surface area (Å²) in [6.45, 7) is 0.265. The number of hydrogen-bond acceptors (Lipinski definition) is 2. The highest BCUT2D eigenvalue weighted by molar-refractivity contribution is 9.10. The summed E-state index contributed by atoms with van der Waals surface area (Å²) in [5.41, 5.74) is 1.94. The van der Waals surface area contributed by atoms with Crippen LogP contribution < -0.4 is 4.74 Å². The van der Waals surface area contributed by atoms with E-state index in [0.717, 1.165) is 10.0 Å². The number of allylic oxidation sites excluding steroid dienone is 1. The summed E-state index contributed by atoms with van der Waals surface area (Å²) in [4.78, 5) is 0. The van der Waals surface area contributed by atoms with Crippen molar-refractivity contribution in [1.29, 1.82) is 5.26 Å². The highest BCUT2D eigenvalue weighted by Gasteiger charge is 2.10. The lowest BCUT2D eigenvalue weighted by Crippen LogP contribution is -1.97. The van der Waals surface area contributed by atoms with E-state index in [2.05, 4.69) is 22.0 Å². The van der Waals surface area contributed by atoms with Crippen LogP contribution in [0.25, 0.3) is 11.6 Å². The van der Waals surface area contributed by atoms with Crippen molar-refractivity contribution in [3.05, 3.63) is 97.7 Å². The third kappa shape index (κ3) is 4.94. The topological polar surface area (TPSA) is 33.0 Å². The van der Waals surface area contributed by atoms with Gasteiger partial charge in [0, 0.05) is 15.6 Å². The number of benzene rings is 3. The number of ether oxygens (including phenoxy) is 1. The van der Waals surface area contributed by atoms with Gasteiger partial charge in [0.05, 0.1) is 21.7 Å². The normalized spacial score (nSPS) is 11.2. The van der Waals surface area contributed by atoms with Gasteiger partial charge in [0.1, 0.15) is 18.2 Å². The van der Waals surface area contributed by atoms with Gasteiger partial charge in [0.2, 0.25) is 0 Å². The zero-order chi connectivity index (χ0) is 20.1. The molecule has 3 rings (SSSR count). The summed E-state index contributed by atoms with van der Waals surface area (Å²) in [6.07, 6.45) is 1.60. The monoisotopic (exact) mass is 475 g/mol. The molecule has 0 heterocycles. The van der Waals surface area contributed by atoms with Gasteiger partial charge in [0.25, 0.3) is 0 Å². The van der Waals surface area contributed by atoms with Gasteiger partial charge in [-0.15, -0.1) is 0 Å². The lowest BCUT2D eigenvalue weighted by Gasteiger charge is -2.11. The average molecular weight is 477 g/mol. The van der Waals surface area contributed by atoms with Gasteiger partial charge in [-0.25, -0.2) is 4.39 Å². The van der Waals surface area contributed by atoms with Crippen LogP contribution in [0.2, 0.25) is 10.0 Å². The van der Waals surface area contributed by atoms with Gasteiger partial charge in [-0.2, -0.15) is 5.26 Å². The van der Waals surface area contributed by atoms with Crippen LogP contribution in [0.5, 0.6) is 5.75 Å². The highest BCUT2D eigenvalue weighted by atomic mass is 79.9. The van der Waals surface area contributed by atoms with E-state index in [1.807, 2.05) is 18.2 Å². The predicted octanol–water partition coefficient (Wildman–Crippen LogP) is 7.54. The molecule has 0 fully saturated rings. The summed E-state index contributed by atoms with van der Waals surface area (Å²) in [7, 11) is 0. The Hall–Kier alpha value is -2.32. The first-order valence-electron chi connectivity index (χ1n) is 8.21. The lowest BCUT2D eigenvalue weighted by molar-refractivity contribution is 0.305. The molecule has 0 aliphatic carbocycles. The molecule has 0 atom stereocenters. The van der Waals surface area contributed by atoms with E-state index < -0.39 is 5.82 Å². The minimum Gasteiger partial charge on any atom is -0.488 e. The highest BCUT2D eigenvalue weighted by Crippen LogP contribution is 2.30. The molecule has 140 valence electrons. The first kappa shape index (κ1) is 20.4. The smallest absolute Gasteiger partial charge is 0.131 e. The summed E-state index contributed by atoms with van der Waals surface area (Å²) < 4.78 is 20.8. The first-order chi connectivity index (χ1) is 13.5. The van der Waals surface area contributed by atoms with Crippen LogP contribution in [-0.4, -0.2) is 0 Å². The molecule has 0 aliphatic rings. The Balaban J connectivity index is 1.93. The number of hydrogen-bond donors (Lipinski definition) is 0. The molecule has 0 saturated carbocycles. The standard InChI is InChI=1S/C22H13BrCl2FNO/c23-17-6-8-22(28-13-14-5-7-19(24)20(25)9-14)15(11-17)10-16(12-27)18-3-1-2-4-21(18)26/h1-11H,13H2/b16-10-. The molecule has 0 aliphatic heterocycles. The Kier molecular flexibility index (Phi) is 6.74. The van der Waals surface area contributed by atoms with E-state index in [0.29, 0.717) is 21.4 Å². The molecule has 0 radical (unpaired) electrons. The third-order valence-electron chi connectivity index (χ3n) is 3.93. The van der Waals surface area contributed by atoms with Crippen LogP contribution in [0.4, 0.5) is 4.39 Å². The Morgan fingerprint density at radius 2 is 1.86 bits per heavy atom. The fraction of sp³-hybridized carbons (Fsp3) is 0.0455. The molecule has 0 spiro atoms. The second-order valence-electron chi connectivity index (χ2n) is 5.87. The second-order valence-corrected chi connectivity index (χ2v) is 7.60. The Morgan fingerprint density at radius 1 is 1.07 bits per heavy atom. The zero-order valence-electron chi connectivity index (χ0n) is 14.4. The summed E-state index contributed by atoms with van der Waals surface area (Å²) in [5.74, 6) is 0.0990. The fourth-order valence-corrected chi connectivity index (χ4v) is 3.26. The Morgan fingerprint density at radius 3 is 2.57 bits per heavy atom. The molecular formula is C22H13BrCl2FNO. The minimum absolute atomic E-state index is 0.204. The molecule has 0 saturated heterocycles. The quantitative estimate of drug-likeness (QED) is 0.281. The predicted molar refractivity (Wildman–Crippen MR) is 115 cm³/mol. The fourth-order valence-electron chi connectivity index (χ4n) is 2.56. The van der Waals surface area contributed by atoms with Crippen LogP contribution in [-0.2, 0) is 6.61 Å². The molecule has 3 aromatic rings. The molecule has 0 N–H and O–H groups in total. The molecule has 0 bridgehead atoms. The van der Waals surface area contributed by atoms with Crippen LogP contribution in [0.3, 0.4) is 0 Å². The second kappa shape index (κ2) is 9.25. The van der Waals surface area contributed by atoms with Gasteiger partial charge < -0.3 is 4.74 Å². The van der Waals surface area contributed by atoms with E-state index in [4.69, 9.17) is 27.9 Å². The maximum atomic E-state index is 14.1. The zero-order valence-corrected chi connectivity index (χ0v) is 17.5. The van der Waals surface area contributed by atoms with Crippen molar-refractivity contribution in [2.24, 2.45) is 0 Å². The number of halogens is 4.